The number of nitrogens with one attached hydrogen (secondary N) is 2. The van der Waals surface area contributed by atoms with Crippen LogP contribution in [0.2, 0.25) is 0 Å². The Balaban J connectivity index is 2.17. The molecule has 0 saturated carbocycles. The number of aliphatic hydroxyl groups excluding tert-OH is 1. The van der Waals surface area contributed by atoms with E-state index in [0.717, 1.165) is 5.56 Å². The van der Waals surface area contributed by atoms with Crippen LogP contribution in [-0.4, -0.2) is 32.8 Å². The first kappa shape index (κ1) is 13.8. The van der Waals surface area contributed by atoms with Crippen LogP contribution in [0.15, 0.2) is 30.9 Å². The lowest BCUT2D eigenvalue weighted by atomic mass is 10.1. The van der Waals surface area contributed by atoms with Gasteiger partial charge in [-0.05, 0) is 13.0 Å². The second kappa shape index (κ2) is 6.50. The summed E-state index contributed by atoms with van der Waals surface area (Å²) in [6, 6.07) is 1.42. The van der Waals surface area contributed by atoms with Gasteiger partial charge in [-0.3, -0.25) is 14.9 Å². The molecule has 0 aliphatic heterocycles. The Hall–Kier alpha value is -2.65. The SMILES string of the molecule is CC(NC(=O)c1ccncc1C#CCO)c1cn[nH]c1. The third-order valence-corrected chi connectivity index (χ3v) is 2.73. The molecule has 2 aromatic rings. The monoisotopic (exact) mass is 270 g/mol. The lowest BCUT2D eigenvalue weighted by Crippen LogP contribution is -2.27. The maximum atomic E-state index is 12.2. The molecule has 0 aliphatic carbocycles. The van der Waals surface area contributed by atoms with Gasteiger partial charge in [0.2, 0.25) is 0 Å². The molecule has 0 fully saturated rings. The van der Waals surface area contributed by atoms with Gasteiger partial charge in [-0.25, -0.2) is 0 Å². The van der Waals surface area contributed by atoms with Crippen molar-refractivity contribution < 1.29 is 9.90 Å². The summed E-state index contributed by atoms with van der Waals surface area (Å²) in [7, 11) is 0. The van der Waals surface area contributed by atoms with Crippen molar-refractivity contribution in [2.75, 3.05) is 6.61 Å². The Labute approximate surface area is 116 Å². The number of carbonyl (C=O) groups is 1. The number of nitrogens with zero attached hydrogens (tertiary/aromatic N) is 2. The summed E-state index contributed by atoms with van der Waals surface area (Å²) >= 11 is 0. The number of hydrogen-bond acceptors (Lipinski definition) is 4. The molecule has 6 nitrogen and oxygen atoms in total. The van der Waals surface area contributed by atoms with Gasteiger partial charge in [-0.2, -0.15) is 5.10 Å². The van der Waals surface area contributed by atoms with Gasteiger partial charge in [0.1, 0.15) is 6.61 Å². The Morgan fingerprint density at radius 3 is 3.10 bits per heavy atom. The minimum Gasteiger partial charge on any atom is -0.384 e. The number of H-pyrrole nitrogens is 1. The second-order valence-corrected chi connectivity index (χ2v) is 4.11. The van der Waals surface area contributed by atoms with Crippen molar-refractivity contribution in [3.05, 3.63) is 47.5 Å². The molecule has 20 heavy (non-hydrogen) atoms. The van der Waals surface area contributed by atoms with E-state index >= 15 is 0 Å². The minimum atomic E-state index is -0.263. The van der Waals surface area contributed by atoms with Crippen LogP contribution in [0.5, 0.6) is 0 Å². The zero-order valence-electron chi connectivity index (χ0n) is 10.9. The van der Waals surface area contributed by atoms with Gasteiger partial charge in [-0.1, -0.05) is 11.8 Å². The number of aromatic amines is 1. The number of carbonyl (C=O) groups excluding carboxylic acids is 1. The largest absolute Gasteiger partial charge is 0.384 e. The van der Waals surface area contributed by atoms with E-state index in [0.29, 0.717) is 11.1 Å². The average molecular weight is 270 g/mol. The molecule has 3 N–H and O–H groups in total. The highest BCUT2D eigenvalue weighted by molar-refractivity contribution is 5.96. The van der Waals surface area contributed by atoms with Gasteiger partial charge in [-0.15, -0.1) is 0 Å². The molecule has 2 rings (SSSR count). The fourth-order valence-corrected chi connectivity index (χ4v) is 1.68. The van der Waals surface area contributed by atoms with Crippen LogP contribution < -0.4 is 5.32 Å². The lowest BCUT2D eigenvalue weighted by molar-refractivity contribution is 0.0939. The van der Waals surface area contributed by atoms with Crippen LogP contribution in [0.1, 0.15) is 34.5 Å². The molecule has 1 unspecified atom stereocenters. The molecule has 0 radical (unpaired) electrons. The molecule has 102 valence electrons. The van der Waals surface area contributed by atoms with Crippen LogP contribution >= 0.6 is 0 Å². The molecule has 2 aromatic heterocycles. The zero-order valence-corrected chi connectivity index (χ0v) is 10.9. The lowest BCUT2D eigenvalue weighted by Gasteiger charge is -2.12. The third kappa shape index (κ3) is 3.22. The van der Waals surface area contributed by atoms with E-state index in [2.05, 4.69) is 32.3 Å². The number of amides is 1. The Kier molecular flexibility index (Phi) is 4.47. The highest BCUT2D eigenvalue weighted by Gasteiger charge is 2.14. The normalized spacial score (nSPS) is 11.3. The maximum Gasteiger partial charge on any atom is 0.253 e. The number of aliphatic hydroxyl groups is 1. The third-order valence-electron chi connectivity index (χ3n) is 2.73. The molecule has 0 spiro atoms. The van der Waals surface area contributed by atoms with Gasteiger partial charge in [0.25, 0.3) is 5.91 Å². The summed E-state index contributed by atoms with van der Waals surface area (Å²) < 4.78 is 0. The summed E-state index contributed by atoms with van der Waals surface area (Å²) in [6.07, 6.45) is 6.41. The molecule has 6 heteroatoms. The summed E-state index contributed by atoms with van der Waals surface area (Å²) in [6.45, 7) is 1.60. The van der Waals surface area contributed by atoms with Gasteiger partial charge in [0.15, 0.2) is 0 Å². The van der Waals surface area contributed by atoms with Crippen LogP contribution in [0.4, 0.5) is 0 Å². The van der Waals surface area contributed by atoms with Crippen LogP contribution in [0.25, 0.3) is 0 Å². The predicted molar refractivity (Wildman–Crippen MR) is 72.7 cm³/mol. The van der Waals surface area contributed by atoms with Crippen molar-refractivity contribution >= 4 is 5.91 Å². The Morgan fingerprint density at radius 1 is 1.55 bits per heavy atom. The minimum absolute atomic E-state index is 0.173. The Bertz CT molecular complexity index is 641. The highest BCUT2D eigenvalue weighted by atomic mass is 16.2. The molecular formula is C14H14N4O2. The summed E-state index contributed by atoms with van der Waals surface area (Å²) in [4.78, 5) is 16.2. The van der Waals surface area contributed by atoms with Crippen LogP contribution in [0, 0.1) is 11.8 Å². The topological polar surface area (TPSA) is 90.9 Å². The molecule has 0 aliphatic rings. The van der Waals surface area contributed by atoms with Gasteiger partial charge in [0, 0.05) is 24.2 Å². The Morgan fingerprint density at radius 2 is 2.40 bits per heavy atom. The van der Waals surface area contributed by atoms with E-state index in [4.69, 9.17) is 5.11 Å². The van der Waals surface area contributed by atoms with Crippen molar-refractivity contribution in [2.45, 2.75) is 13.0 Å². The quantitative estimate of drug-likeness (QED) is 0.714. The van der Waals surface area contributed by atoms with Gasteiger partial charge >= 0.3 is 0 Å². The van der Waals surface area contributed by atoms with Crippen LogP contribution in [-0.2, 0) is 0 Å². The number of pyridine rings is 1. The first-order valence-electron chi connectivity index (χ1n) is 6.05. The fraction of sp³-hybridized carbons (Fsp3) is 0.214. The summed E-state index contributed by atoms with van der Waals surface area (Å²) in [5, 5.41) is 18.1. The van der Waals surface area contributed by atoms with E-state index in [1.165, 1.54) is 12.4 Å². The molecular weight excluding hydrogens is 256 g/mol. The first-order chi connectivity index (χ1) is 9.72. The molecule has 0 aromatic carbocycles. The maximum absolute atomic E-state index is 12.2. The van der Waals surface area contributed by atoms with Crippen molar-refractivity contribution in [2.24, 2.45) is 0 Å². The van der Waals surface area contributed by atoms with Gasteiger partial charge in [0.05, 0.1) is 23.4 Å². The van der Waals surface area contributed by atoms with Crippen molar-refractivity contribution in [1.29, 1.82) is 0 Å². The van der Waals surface area contributed by atoms with E-state index < -0.39 is 0 Å². The second-order valence-electron chi connectivity index (χ2n) is 4.11. The van der Waals surface area contributed by atoms with E-state index in [9.17, 15) is 4.79 Å². The van der Waals surface area contributed by atoms with Crippen molar-refractivity contribution in [1.82, 2.24) is 20.5 Å². The molecule has 2 heterocycles. The van der Waals surface area contributed by atoms with Gasteiger partial charge < -0.3 is 10.4 Å². The zero-order chi connectivity index (χ0) is 14.4. The number of rotatable bonds is 3. The molecule has 1 atom stereocenters. The average Bonchev–Trinajstić information content (AvgIpc) is 2.99. The van der Waals surface area contributed by atoms with E-state index in [-0.39, 0.29) is 18.6 Å². The molecule has 0 saturated heterocycles. The van der Waals surface area contributed by atoms with E-state index in [1.54, 1.807) is 18.5 Å². The number of aromatic nitrogens is 3. The number of hydrogen-bond donors (Lipinski definition) is 3. The first-order valence-corrected chi connectivity index (χ1v) is 6.05. The van der Waals surface area contributed by atoms with E-state index in [1.807, 2.05) is 6.92 Å². The smallest absolute Gasteiger partial charge is 0.253 e. The predicted octanol–water partition coefficient (Wildman–Crippen LogP) is 0.639. The molecule has 1 amide bonds. The molecule has 0 bridgehead atoms. The summed E-state index contributed by atoms with van der Waals surface area (Å²) in [5.41, 5.74) is 1.80. The van der Waals surface area contributed by atoms with Crippen LogP contribution in [0.3, 0.4) is 0 Å². The standard InChI is InChI=1S/C14H14N4O2/c1-10(12-8-16-17-9-12)18-14(20)13-4-5-15-7-11(13)3-2-6-19/h4-5,7-10,19H,6H2,1H3,(H,16,17)(H,18,20). The highest BCUT2D eigenvalue weighted by Crippen LogP contribution is 2.12. The summed E-state index contributed by atoms with van der Waals surface area (Å²) in [5.74, 6) is 4.97. The van der Waals surface area contributed by atoms with Crippen molar-refractivity contribution in [3.63, 3.8) is 0 Å². The fourth-order valence-electron chi connectivity index (χ4n) is 1.68. The van der Waals surface area contributed by atoms with Crippen molar-refractivity contribution in [3.8, 4) is 11.8 Å².